The first kappa shape index (κ1) is 38.0. The van der Waals surface area contributed by atoms with E-state index in [2.05, 4.69) is 69.1 Å². The molecule has 4 atom stereocenters. The number of likely N-dealkylation sites (tertiary alicyclic amines) is 2. The average molecular weight is 749 g/mol. The molecule has 0 radical (unpaired) electrons. The lowest BCUT2D eigenvalue weighted by atomic mass is 9.99. The van der Waals surface area contributed by atoms with Gasteiger partial charge >= 0.3 is 6.09 Å². The molecule has 13 heteroatoms. The molecule has 290 valence electrons. The molecule has 55 heavy (non-hydrogen) atoms. The Morgan fingerprint density at radius 1 is 0.782 bits per heavy atom. The number of nitrogens with zero attached hydrogens (tertiary/aromatic N) is 4. The van der Waals surface area contributed by atoms with Crippen LogP contribution in [-0.2, 0) is 19.1 Å². The smallest absolute Gasteiger partial charge is 0.407 e. The average Bonchev–Trinajstić information content (AvgIpc) is 4.01. The van der Waals surface area contributed by atoms with E-state index in [-0.39, 0.29) is 41.8 Å². The molecule has 0 bridgehead atoms. The molecule has 0 unspecified atom stereocenters. The van der Waals surface area contributed by atoms with Crippen LogP contribution < -0.4 is 10.6 Å². The Hall–Kier alpha value is -5.27. The molecule has 2 saturated heterocycles. The second kappa shape index (κ2) is 16.2. The highest BCUT2D eigenvalue weighted by Crippen LogP contribution is 2.36. The van der Waals surface area contributed by atoms with E-state index >= 15 is 0 Å². The van der Waals surface area contributed by atoms with E-state index in [0.717, 1.165) is 81.5 Å². The number of benzene rings is 3. The minimum absolute atomic E-state index is 0.0848. The van der Waals surface area contributed by atoms with Crippen molar-refractivity contribution in [2.45, 2.75) is 77.5 Å². The molecule has 7 rings (SSSR count). The molecule has 5 aromatic rings. The zero-order valence-corrected chi connectivity index (χ0v) is 32.5. The summed E-state index contributed by atoms with van der Waals surface area (Å²) in [6, 6.07) is 17.8. The lowest BCUT2D eigenvalue weighted by molar-refractivity contribution is -0.136. The molecular formula is C42H52N8O5. The van der Waals surface area contributed by atoms with E-state index in [4.69, 9.17) is 19.4 Å². The number of ether oxygens (including phenoxy) is 2. The number of amides is 3. The van der Waals surface area contributed by atoms with Crippen LogP contribution >= 0.6 is 0 Å². The number of alkyl carbamates (subject to hydrolysis) is 1. The number of nitrogens with one attached hydrogen (secondary N) is 4. The first-order valence-corrected chi connectivity index (χ1v) is 19.3. The Labute approximate surface area is 321 Å². The van der Waals surface area contributed by atoms with E-state index in [0.29, 0.717) is 19.8 Å². The summed E-state index contributed by atoms with van der Waals surface area (Å²) in [6.45, 7) is 9.55. The Bertz CT molecular complexity index is 2180. The summed E-state index contributed by atoms with van der Waals surface area (Å²) in [5.74, 6) is 1.54. The van der Waals surface area contributed by atoms with Crippen LogP contribution in [-0.4, -0.2) is 93.8 Å². The zero-order valence-electron chi connectivity index (χ0n) is 32.5. The number of hydrogen-bond donors (Lipinski definition) is 4. The van der Waals surface area contributed by atoms with Crippen LogP contribution in [0.2, 0.25) is 0 Å². The highest BCUT2D eigenvalue weighted by molar-refractivity contribution is 5.92. The van der Waals surface area contributed by atoms with Crippen molar-refractivity contribution in [1.29, 1.82) is 0 Å². The third kappa shape index (κ3) is 7.81. The quantitative estimate of drug-likeness (QED) is 0.103. The van der Waals surface area contributed by atoms with Gasteiger partial charge in [0.05, 0.1) is 54.9 Å². The number of aromatic nitrogens is 4. The van der Waals surface area contributed by atoms with Gasteiger partial charge in [-0.25, -0.2) is 14.8 Å². The number of carbonyl (C=O) groups excluding carboxylic acids is 3. The molecule has 0 aliphatic carbocycles. The van der Waals surface area contributed by atoms with Crippen molar-refractivity contribution < 1.29 is 23.9 Å². The molecule has 2 aliphatic rings. The third-order valence-electron chi connectivity index (χ3n) is 11.1. The topological polar surface area (TPSA) is 158 Å². The first-order valence-electron chi connectivity index (χ1n) is 19.3. The van der Waals surface area contributed by atoms with Crippen LogP contribution in [0.4, 0.5) is 4.79 Å². The largest absolute Gasteiger partial charge is 0.453 e. The van der Waals surface area contributed by atoms with E-state index in [1.165, 1.54) is 7.11 Å². The van der Waals surface area contributed by atoms with Gasteiger partial charge in [0.1, 0.15) is 17.7 Å². The predicted molar refractivity (Wildman–Crippen MR) is 212 cm³/mol. The van der Waals surface area contributed by atoms with Gasteiger partial charge in [0, 0.05) is 25.8 Å². The van der Waals surface area contributed by atoms with Crippen LogP contribution in [0.25, 0.3) is 44.2 Å². The fourth-order valence-corrected chi connectivity index (χ4v) is 8.08. The van der Waals surface area contributed by atoms with Crippen molar-refractivity contribution in [2.24, 2.45) is 11.8 Å². The van der Waals surface area contributed by atoms with Gasteiger partial charge in [-0.15, -0.1) is 0 Å². The van der Waals surface area contributed by atoms with Crippen LogP contribution in [0.3, 0.4) is 0 Å². The third-order valence-corrected chi connectivity index (χ3v) is 11.1. The summed E-state index contributed by atoms with van der Waals surface area (Å²) in [6.07, 6.45) is 4.66. The summed E-state index contributed by atoms with van der Waals surface area (Å²) in [5.41, 5.74) is 5.87. The van der Waals surface area contributed by atoms with E-state index in [1.807, 2.05) is 49.8 Å². The van der Waals surface area contributed by atoms with Gasteiger partial charge in [0.2, 0.25) is 11.8 Å². The molecule has 2 aliphatic heterocycles. The maximum absolute atomic E-state index is 13.6. The van der Waals surface area contributed by atoms with Gasteiger partial charge in [-0.05, 0) is 83.7 Å². The van der Waals surface area contributed by atoms with E-state index in [1.54, 1.807) is 7.11 Å². The zero-order chi connectivity index (χ0) is 38.8. The summed E-state index contributed by atoms with van der Waals surface area (Å²) in [5, 5.41) is 8.16. The number of carbonyl (C=O) groups is 3. The highest BCUT2D eigenvalue weighted by atomic mass is 16.5. The molecule has 2 aromatic heterocycles. The molecule has 13 nitrogen and oxygen atoms in total. The van der Waals surface area contributed by atoms with Crippen molar-refractivity contribution in [1.82, 2.24) is 40.4 Å². The Balaban J connectivity index is 1.07. The summed E-state index contributed by atoms with van der Waals surface area (Å²) in [7, 11) is 2.92. The fourth-order valence-electron chi connectivity index (χ4n) is 8.08. The van der Waals surface area contributed by atoms with Gasteiger partial charge in [0.25, 0.3) is 0 Å². The summed E-state index contributed by atoms with van der Waals surface area (Å²) < 4.78 is 9.97. The molecule has 3 aromatic carbocycles. The van der Waals surface area contributed by atoms with Crippen molar-refractivity contribution in [2.75, 3.05) is 34.0 Å². The maximum Gasteiger partial charge on any atom is 0.407 e. The molecule has 2 fully saturated rings. The first-order chi connectivity index (χ1) is 26.6. The van der Waals surface area contributed by atoms with Gasteiger partial charge in [-0.1, -0.05) is 58.0 Å². The molecule has 4 heterocycles. The number of imidazole rings is 2. The lowest BCUT2D eigenvalue weighted by Crippen LogP contribution is -2.51. The highest BCUT2D eigenvalue weighted by Gasteiger charge is 2.38. The van der Waals surface area contributed by atoms with Gasteiger partial charge in [-0.2, -0.15) is 0 Å². The standard InChI is InChI=1S/C42H52N8O5/c1-24(2)36(44-23-54-5)40(51)50-18-8-10-35(50)39-45-31-16-15-29(21-32(31)46-39)27-11-12-28-20-30(14-13-26(28)19-27)33-22-43-38(47-33)34-9-7-17-49(34)41(52)37(25(3)4)48-42(53)55-6/h11-16,19-22,24-25,34-37,44H,7-10,17-18,23H2,1-6H3,(H,43,47)(H,45,46)(H,48,53)/t34-,35-,36-,37-/m0/s1. The predicted octanol–water partition coefficient (Wildman–Crippen LogP) is 6.70. The van der Waals surface area contributed by atoms with E-state index < -0.39 is 12.1 Å². The number of H-pyrrole nitrogens is 2. The number of methoxy groups -OCH3 is 2. The molecule has 4 N–H and O–H groups in total. The number of rotatable bonds is 12. The monoisotopic (exact) mass is 748 g/mol. The lowest BCUT2D eigenvalue weighted by Gasteiger charge is -2.30. The number of aromatic amines is 2. The minimum Gasteiger partial charge on any atom is -0.453 e. The summed E-state index contributed by atoms with van der Waals surface area (Å²) in [4.78, 5) is 59.7. The summed E-state index contributed by atoms with van der Waals surface area (Å²) >= 11 is 0. The van der Waals surface area contributed by atoms with Gasteiger partial charge < -0.3 is 34.6 Å². The van der Waals surface area contributed by atoms with Gasteiger partial charge in [0.15, 0.2) is 0 Å². The van der Waals surface area contributed by atoms with Crippen molar-refractivity contribution >= 4 is 39.7 Å². The van der Waals surface area contributed by atoms with E-state index in [9.17, 15) is 14.4 Å². The molecule has 0 spiro atoms. The Morgan fingerprint density at radius 2 is 1.38 bits per heavy atom. The Morgan fingerprint density at radius 3 is 2.04 bits per heavy atom. The molecule has 3 amide bonds. The second-order valence-electron chi connectivity index (χ2n) is 15.4. The fraction of sp³-hybridized carbons (Fsp3) is 0.452. The van der Waals surface area contributed by atoms with Gasteiger partial charge in [-0.3, -0.25) is 14.9 Å². The maximum atomic E-state index is 13.6. The number of hydrogen-bond acceptors (Lipinski definition) is 8. The minimum atomic E-state index is -0.682. The van der Waals surface area contributed by atoms with Crippen molar-refractivity contribution in [3.63, 3.8) is 0 Å². The van der Waals surface area contributed by atoms with Crippen molar-refractivity contribution in [3.8, 4) is 22.4 Å². The molecular weight excluding hydrogens is 697 g/mol. The normalized spacial score (nSPS) is 18.5. The van der Waals surface area contributed by atoms with Crippen molar-refractivity contribution in [3.05, 3.63) is 72.4 Å². The SMILES string of the molecule is COCN[C@H](C(=O)N1CCC[C@H]1c1nc2ccc(-c3ccc4cc(-c5cnc([C@@H]6CCCN6C(=O)[C@@H](NC(=O)OC)C(C)C)[nH]5)ccc4c3)cc2[nH]1)C(C)C. The molecule has 0 saturated carbocycles. The van der Waals surface area contributed by atoms with Crippen LogP contribution in [0.5, 0.6) is 0 Å². The number of fused-ring (bicyclic) bond motifs is 2. The van der Waals surface area contributed by atoms with Crippen LogP contribution in [0.15, 0.2) is 60.8 Å². The Kier molecular flexibility index (Phi) is 11.2. The van der Waals surface area contributed by atoms with Crippen LogP contribution in [0.1, 0.15) is 77.1 Å². The second-order valence-corrected chi connectivity index (χ2v) is 15.4. The van der Waals surface area contributed by atoms with Crippen LogP contribution in [0, 0.1) is 11.8 Å².